The summed E-state index contributed by atoms with van der Waals surface area (Å²) in [6, 6.07) is 0. The molecule has 0 radical (unpaired) electrons. The van der Waals surface area contributed by atoms with Crippen LogP contribution < -0.4 is 0 Å². The van der Waals surface area contributed by atoms with Gasteiger partial charge in [0.2, 0.25) is 0 Å². The van der Waals surface area contributed by atoms with E-state index in [2.05, 4.69) is 51.4 Å². The van der Waals surface area contributed by atoms with Crippen LogP contribution in [0.25, 0.3) is 0 Å². The molecule has 0 rings (SSSR count). The van der Waals surface area contributed by atoms with Crippen molar-refractivity contribution in [3.63, 3.8) is 0 Å². The molecule has 62 valence electrons. The molecule has 0 fully saturated rings. The van der Waals surface area contributed by atoms with E-state index < -0.39 is 15.3 Å². The molecule has 0 amide bonds. The van der Waals surface area contributed by atoms with Crippen LogP contribution in [0.2, 0.25) is 32.7 Å². The Morgan fingerprint density at radius 1 is 0.800 bits per heavy atom. The van der Waals surface area contributed by atoms with Crippen molar-refractivity contribution in [2.45, 2.75) is 32.7 Å². The number of nitrogens with zero attached hydrogens (tertiary/aromatic N) is 1. The molecule has 0 aliphatic heterocycles. The van der Waals surface area contributed by atoms with Crippen molar-refractivity contribution in [2.75, 3.05) is 14.1 Å². The third-order valence-electron chi connectivity index (χ3n) is 2.95. The van der Waals surface area contributed by atoms with Crippen LogP contribution in [0.4, 0.5) is 0 Å². The fourth-order valence-corrected chi connectivity index (χ4v) is 6.04. The van der Waals surface area contributed by atoms with Gasteiger partial charge in [-0.2, -0.15) is 0 Å². The highest BCUT2D eigenvalue weighted by Gasteiger charge is 2.38. The minimum atomic E-state index is -1.01. The van der Waals surface area contributed by atoms with Crippen molar-refractivity contribution in [2.24, 2.45) is 0 Å². The lowest BCUT2D eigenvalue weighted by Gasteiger charge is -2.40. The van der Waals surface area contributed by atoms with Crippen LogP contribution in [0.5, 0.6) is 0 Å². The number of rotatable bonds is 2. The average Bonchev–Trinajstić information content (AvgIpc) is 1.62. The summed E-state index contributed by atoms with van der Waals surface area (Å²) in [5.41, 5.74) is 0. The molecule has 0 atom stereocenters. The van der Waals surface area contributed by atoms with Crippen LogP contribution >= 0.6 is 0 Å². The molecule has 0 saturated carbocycles. The molecule has 0 aromatic carbocycles. The Kier molecular flexibility index (Phi) is 2.90. The van der Waals surface area contributed by atoms with E-state index in [0.717, 1.165) is 0 Å². The molecular formula is C7H21NSi2. The Morgan fingerprint density at radius 2 is 1.10 bits per heavy atom. The highest BCUT2D eigenvalue weighted by Crippen LogP contribution is 2.19. The van der Waals surface area contributed by atoms with Gasteiger partial charge >= 0.3 is 0 Å². The van der Waals surface area contributed by atoms with Crippen LogP contribution in [0.3, 0.4) is 0 Å². The van der Waals surface area contributed by atoms with Gasteiger partial charge in [0.15, 0.2) is 0 Å². The summed E-state index contributed by atoms with van der Waals surface area (Å²) in [5.74, 6) is 0. The van der Waals surface area contributed by atoms with Gasteiger partial charge < -0.3 is 4.57 Å². The minimum absolute atomic E-state index is 0.883. The Hall–Kier alpha value is 0.394. The number of hydrogen-bond donors (Lipinski definition) is 0. The minimum Gasteiger partial charge on any atom is -0.331 e. The summed E-state index contributed by atoms with van der Waals surface area (Å²) in [7, 11) is 2.56. The van der Waals surface area contributed by atoms with Gasteiger partial charge in [-0.1, -0.05) is 32.7 Å². The summed E-state index contributed by atoms with van der Waals surface area (Å²) in [6.07, 6.45) is 0. The van der Waals surface area contributed by atoms with Crippen molar-refractivity contribution in [1.82, 2.24) is 4.57 Å². The first-order valence-electron chi connectivity index (χ1n) is 3.87. The lowest BCUT2D eigenvalue weighted by Crippen LogP contribution is -2.62. The van der Waals surface area contributed by atoms with E-state index in [1.165, 1.54) is 0 Å². The standard InChI is InChI=1S/C7H21NSi2/c1-8(2)10(6,7)9(3,4)5/h1-7H3. The van der Waals surface area contributed by atoms with Gasteiger partial charge in [0, 0.05) is 0 Å². The Morgan fingerprint density at radius 3 is 1.10 bits per heavy atom. The quantitative estimate of drug-likeness (QED) is 0.582. The molecule has 0 saturated heterocycles. The zero-order chi connectivity index (χ0) is 8.58. The second-order valence-electron chi connectivity index (χ2n) is 4.70. The Labute approximate surface area is 67.3 Å². The maximum absolute atomic E-state index is 2.47. The first-order chi connectivity index (χ1) is 4.19. The lowest BCUT2D eigenvalue weighted by molar-refractivity contribution is 0.637. The summed E-state index contributed by atoms with van der Waals surface area (Å²) in [4.78, 5) is 0. The first-order valence-corrected chi connectivity index (χ1v) is 11.3. The van der Waals surface area contributed by atoms with Gasteiger partial charge in [0.1, 0.15) is 7.75 Å². The molecule has 0 N–H and O–H groups in total. The monoisotopic (exact) mass is 175 g/mol. The van der Waals surface area contributed by atoms with Gasteiger partial charge in [0.25, 0.3) is 0 Å². The molecule has 0 spiro atoms. The van der Waals surface area contributed by atoms with Crippen molar-refractivity contribution in [3.8, 4) is 0 Å². The zero-order valence-corrected chi connectivity index (χ0v) is 10.4. The van der Waals surface area contributed by atoms with Crippen molar-refractivity contribution < 1.29 is 0 Å². The maximum Gasteiger partial charge on any atom is 0.111 e. The van der Waals surface area contributed by atoms with E-state index in [4.69, 9.17) is 0 Å². The topological polar surface area (TPSA) is 3.24 Å². The van der Waals surface area contributed by atoms with Crippen LogP contribution in [0.1, 0.15) is 0 Å². The predicted molar refractivity (Wildman–Crippen MR) is 54.5 cm³/mol. The second kappa shape index (κ2) is 2.79. The second-order valence-corrected chi connectivity index (χ2v) is 21.4. The average molecular weight is 175 g/mol. The molecule has 0 aromatic heterocycles. The van der Waals surface area contributed by atoms with Crippen LogP contribution in [-0.4, -0.2) is 34.0 Å². The highest BCUT2D eigenvalue weighted by molar-refractivity contribution is 7.39. The van der Waals surface area contributed by atoms with Gasteiger partial charge in [-0.25, -0.2) is 0 Å². The van der Waals surface area contributed by atoms with Gasteiger partial charge in [-0.05, 0) is 14.1 Å². The highest BCUT2D eigenvalue weighted by atomic mass is 29.3. The normalized spacial score (nSPS) is 14.4. The van der Waals surface area contributed by atoms with Crippen LogP contribution in [0.15, 0.2) is 0 Å². The molecular weight excluding hydrogens is 154 g/mol. The first kappa shape index (κ1) is 10.4. The van der Waals surface area contributed by atoms with E-state index >= 15 is 0 Å². The maximum atomic E-state index is 2.47. The lowest BCUT2D eigenvalue weighted by atomic mass is 11.3. The van der Waals surface area contributed by atoms with Crippen LogP contribution in [0, 0.1) is 0 Å². The smallest absolute Gasteiger partial charge is 0.111 e. The molecule has 10 heavy (non-hydrogen) atoms. The van der Waals surface area contributed by atoms with E-state index in [9.17, 15) is 0 Å². The third kappa shape index (κ3) is 1.94. The summed E-state index contributed by atoms with van der Waals surface area (Å²) in [5, 5.41) is 0. The molecule has 0 bridgehead atoms. The molecule has 3 heteroatoms. The molecule has 0 heterocycles. The summed E-state index contributed by atoms with van der Waals surface area (Å²) < 4.78 is 2.47. The predicted octanol–water partition coefficient (Wildman–Crippen LogP) is 2.17. The Bertz CT molecular complexity index is 113. The fourth-order valence-electron chi connectivity index (χ4n) is 0.671. The SMILES string of the molecule is CN(C)[Si](C)(C)[Si](C)(C)C. The molecule has 0 aliphatic carbocycles. The van der Waals surface area contributed by atoms with Crippen molar-refractivity contribution in [3.05, 3.63) is 0 Å². The molecule has 0 aliphatic rings. The van der Waals surface area contributed by atoms with Gasteiger partial charge in [-0.15, -0.1) is 0 Å². The largest absolute Gasteiger partial charge is 0.331 e. The van der Waals surface area contributed by atoms with Crippen molar-refractivity contribution in [1.29, 1.82) is 0 Å². The van der Waals surface area contributed by atoms with E-state index in [0.29, 0.717) is 0 Å². The van der Waals surface area contributed by atoms with E-state index in [1.54, 1.807) is 0 Å². The summed E-state index contributed by atoms with van der Waals surface area (Å²) >= 11 is 0. The molecule has 0 aromatic rings. The van der Waals surface area contributed by atoms with E-state index in [-0.39, 0.29) is 0 Å². The van der Waals surface area contributed by atoms with Crippen LogP contribution in [-0.2, 0) is 0 Å². The molecule has 1 nitrogen and oxygen atoms in total. The fraction of sp³-hybridized carbons (Fsp3) is 1.00. The van der Waals surface area contributed by atoms with Gasteiger partial charge in [0.05, 0.1) is 7.59 Å². The van der Waals surface area contributed by atoms with Gasteiger partial charge in [-0.3, -0.25) is 0 Å². The van der Waals surface area contributed by atoms with Crippen molar-refractivity contribution >= 4 is 15.3 Å². The number of hydrogen-bond acceptors (Lipinski definition) is 1. The third-order valence-corrected chi connectivity index (χ3v) is 21.2. The zero-order valence-electron chi connectivity index (χ0n) is 8.45. The summed E-state index contributed by atoms with van der Waals surface area (Å²) in [6.45, 7) is 12.4. The molecule has 0 unspecified atom stereocenters. The van der Waals surface area contributed by atoms with E-state index in [1.807, 2.05) is 0 Å². The Balaban J connectivity index is 4.40.